The number of nitrogens with two attached hydrogens (primary N) is 1. The van der Waals surface area contributed by atoms with Crippen molar-refractivity contribution in [1.82, 2.24) is 9.97 Å². The van der Waals surface area contributed by atoms with Gasteiger partial charge >= 0.3 is 0 Å². The lowest BCUT2D eigenvalue weighted by molar-refractivity contribution is 0.0988. The number of rotatable bonds is 7. The lowest BCUT2D eigenvalue weighted by Crippen LogP contribution is -2.24. The SMILES string of the molecule is COCCOc1ccc2c(c1)[nH]c1c(C(N)=O)ncc(-c3cccc(N4Cc5ccc(Cl)cc5C4=O)c3F)c12. The van der Waals surface area contributed by atoms with Crippen molar-refractivity contribution in [2.45, 2.75) is 6.54 Å². The smallest absolute Gasteiger partial charge is 0.269 e. The van der Waals surface area contributed by atoms with Crippen molar-refractivity contribution in [1.29, 1.82) is 0 Å². The van der Waals surface area contributed by atoms with Crippen molar-refractivity contribution in [2.24, 2.45) is 5.73 Å². The quantitative estimate of drug-likeness (QED) is 0.264. The van der Waals surface area contributed by atoms with E-state index in [0.29, 0.717) is 51.5 Å². The summed E-state index contributed by atoms with van der Waals surface area (Å²) in [7, 11) is 1.59. The monoisotopic (exact) mass is 544 g/mol. The molecule has 6 rings (SSSR count). The van der Waals surface area contributed by atoms with Crippen molar-refractivity contribution in [3.8, 4) is 16.9 Å². The summed E-state index contributed by atoms with van der Waals surface area (Å²) in [5, 5.41) is 1.75. The van der Waals surface area contributed by atoms with Gasteiger partial charge in [0, 0.05) is 51.9 Å². The standard InChI is InChI=1S/C29H22ClFN4O4/c1-38-9-10-39-17-7-8-19-22(12-17)34-26-24(19)21(13-33-27(26)28(32)36)18-3-2-4-23(25(18)31)35-14-15-5-6-16(30)11-20(15)29(35)37/h2-8,11-13,34H,9-10,14H2,1H3,(H2,32,36). The fourth-order valence-corrected chi connectivity index (χ4v) is 5.19. The Morgan fingerprint density at radius 2 is 1.97 bits per heavy atom. The number of benzene rings is 3. The predicted molar refractivity (Wildman–Crippen MR) is 147 cm³/mol. The zero-order valence-corrected chi connectivity index (χ0v) is 21.5. The Hall–Kier alpha value is -4.47. The Morgan fingerprint density at radius 3 is 2.77 bits per heavy atom. The fourth-order valence-electron chi connectivity index (χ4n) is 5.02. The maximum absolute atomic E-state index is 16.2. The van der Waals surface area contributed by atoms with Crippen LogP contribution in [-0.4, -0.2) is 42.1 Å². The third-order valence-corrected chi connectivity index (χ3v) is 7.06. The topological polar surface area (TPSA) is 111 Å². The maximum atomic E-state index is 16.2. The summed E-state index contributed by atoms with van der Waals surface area (Å²) >= 11 is 6.09. The summed E-state index contributed by atoms with van der Waals surface area (Å²) in [6, 6.07) is 15.3. The zero-order chi connectivity index (χ0) is 27.3. The number of fused-ring (bicyclic) bond motifs is 4. The van der Waals surface area contributed by atoms with Crippen LogP contribution in [0.5, 0.6) is 5.75 Å². The van der Waals surface area contributed by atoms with Crippen LogP contribution in [0, 0.1) is 5.82 Å². The number of pyridine rings is 1. The molecule has 2 amide bonds. The molecule has 0 radical (unpaired) electrons. The first-order valence-electron chi connectivity index (χ1n) is 12.1. The molecule has 0 spiro atoms. The number of methoxy groups -OCH3 is 1. The number of ether oxygens (including phenoxy) is 2. The molecule has 1 aliphatic rings. The highest BCUT2D eigenvalue weighted by Crippen LogP contribution is 2.40. The van der Waals surface area contributed by atoms with Crippen molar-refractivity contribution in [2.75, 3.05) is 25.2 Å². The van der Waals surface area contributed by atoms with Gasteiger partial charge in [-0.15, -0.1) is 0 Å². The molecule has 2 aromatic heterocycles. The van der Waals surface area contributed by atoms with Crippen LogP contribution >= 0.6 is 11.6 Å². The summed E-state index contributed by atoms with van der Waals surface area (Å²) in [5.74, 6) is -1.04. The number of nitrogens with one attached hydrogen (secondary N) is 1. The van der Waals surface area contributed by atoms with Gasteiger partial charge in [0.1, 0.15) is 12.4 Å². The Bertz CT molecular complexity index is 1800. The summed E-state index contributed by atoms with van der Waals surface area (Å²) in [6.07, 6.45) is 1.43. The lowest BCUT2D eigenvalue weighted by Gasteiger charge is -2.18. The molecule has 0 fully saturated rings. The van der Waals surface area contributed by atoms with E-state index in [9.17, 15) is 9.59 Å². The highest BCUT2D eigenvalue weighted by Gasteiger charge is 2.31. The predicted octanol–water partition coefficient (Wildman–Crippen LogP) is 5.46. The Labute approximate surface area is 227 Å². The van der Waals surface area contributed by atoms with Crippen LogP contribution < -0.4 is 15.4 Å². The fraction of sp³-hybridized carbons (Fsp3) is 0.138. The molecule has 0 atom stereocenters. The minimum atomic E-state index is -0.719. The van der Waals surface area contributed by atoms with E-state index < -0.39 is 11.7 Å². The Balaban J connectivity index is 1.49. The summed E-state index contributed by atoms with van der Waals surface area (Å²) in [5.41, 5.74) is 8.71. The summed E-state index contributed by atoms with van der Waals surface area (Å²) in [6.45, 7) is 1.02. The number of carbonyl (C=O) groups is 2. The second kappa shape index (κ2) is 9.68. The number of aromatic nitrogens is 2. The molecule has 0 saturated carbocycles. The highest BCUT2D eigenvalue weighted by atomic mass is 35.5. The van der Waals surface area contributed by atoms with Gasteiger partial charge in [-0.05, 0) is 35.9 Å². The normalized spacial score (nSPS) is 12.9. The molecule has 3 N–H and O–H groups in total. The van der Waals surface area contributed by atoms with Gasteiger partial charge in [0.25, 0.3) is 11.8 Å². The van der Waals surface area contributed by atoms with E-state index in [1.807, 2.05) is 6.07 Å². The molecule has 196 valence electrons. The third-order valence-electron chi connectivity index (χ3n) is 6.82. The number of carbonyl (C=O) groups excluding carboxylic acids is 2. The first kappa shape index (κ1) is 24.8. The molecule has 5 aromatic rings. The molecule has 0 saturated heterocycles. The first-order valence-corrected chi connectivity index (χ1v) is 12.5. The number of H-pyrrole nitrogens is 1. The van der Waals surface area contributed by atoms with Crippen molar-refractivity contribution in [3.05, 3.63) is 88.5 Å². The zero-order valence-electron chi connectivity index (χ0n) is 20.8. The second-order valence-corrected chi connectivity index (χ2v) is 9.58. The van der Waals surface area contributed by atoms with Gasteiger partial charge in [-0.1, -0.05) is 29.8 Å². The second-order valence-electron chi connectivity index (χ2n) is 9.14. The largest absolute Gasteiger partial charge is 0.491 e. The van der Waals surface area contributed by atoms with Crippen LogP contribution in [0.2, 0.25) is 5.02 Å². The van der Waals surface area contributed by atoms with E-state index in [1.54, 1.807) is 55.6 Å². The van der Waals surface area contributed by atoms with E-state index >= 15 is 4.39 Å². The van der Waals surface area contributed by atoms with Crippen LogP contribution in [0.1, 0.15) is 26.4 Å². The maximum Gasteiger partial charge on any atom is 0.269 e. The van der Waals surface area contributed by atoms with Crippen LogP contribution in [0.3, 0.4) is 0 Å². The van der Waals surface area contributed by atoms with Crippen LogP contribution in [-0.2, 0) is 11.3 Å². The first-order chi connectivity index (χ1) is 18.9. The van der Waals surface area contributed by atoms with Gasteiger partial charge in [0.15, 0.2) is 11.5 Å². The molecule has 10 heteroatoms. The van der Waals surface area contributed by atoms with E-state index in [4.69, 9.17) is 26.8 Å². The Kier molecular flexibility index (Phi) is 6.17. The molecule has 0 bridgehead atoms. The molecule has 8 nitrogen and oxygen atoms in total. The van der Waals surface area contributed by atoms with Crippen LogP contribution in [0.4, 0.5) is 10.1 Å². The van der Waals surface area contributed by atoms with Gasteiger partial charge in [0.05, 0.1) is 29.9 Å². The molecular formula is C29H22ClFN4O4. The van der Waals surface area contributed by atoms with Crippen molar-refractivity contribution < 1.29 is 23.5 Å². The van der Waals surface area contributed by atoms with Crippen LogP contribution in [0.25, 0.3) is 32.9 Å². The average molecular weight is 545 g/mol. The number of amides is 2. The molecular weight excluding hydrogens is 523 g/mol. The molecule has 3 heterocycles. The van der Waals surface area contributed by atoms with Crippen molar-refractivity contribution >= 4 is 50.9 Å². The number of primary amides is 1. The Morgan fingerprint density at radius 1 is 1.13 bits per heavy atom. The van der Waals surface area contributed by atoms with Crippen LogP contribution in [0.15, 0.2) is 60.8 Å². The minimum Gasteiger partial charge on any atom is -0.491 e. The minimum absolute atomic E-state index is 0.0328. The number of nitrogens with zero attached hydrogens (tertiary/aromatic N) is 2. The number of aromatic amines is 1. The van der Waals surface area contributed by atoms with E-state index in [1.165, 1.54) is 11.1 Å². The van der Waals surface area contributed by atoms with Gasteiger partial charge in [-0.25, -0.2) is 9.37 Å². The molecule has 39 heavy (non-hydrogen) atoms. The molecule has 0 unspecified atom stereocenters. The van der Waals surface area contributed by atoms with E-state index in [0.717, 1.165) is 10.9 Å². The third kappa shape index (κ3) is 4.16. The molecule has 0 aliphatic carbocycles. The van der Waals surface area contributed by atoms with E-state index in [-0.39, 0.29) is 29.4 Å². The number of anilines is 1. The molecule has 1 aliphatic heterocycles. The number of hydrogen-bond acceptors (Lipinski definition) is 5. The highest BCUT2D eigenvalue weighted by molar-refractivity contribution is 6.31. The lowest BCUT2D eigenvalue weighted by atomic mass is 9.99. The van der Waals surface area contributed by atoms with E-state index in [2.05, 4.69) is 9.97 Å². The average Bonchev–Trinajstić information content (AvgIpc) is 3.46. The van der Waals surface area contributed by atoms with Crippen molar-refractivity contribution in [3.63, 3.8) is 0 Å². The van der Waals surface area contributed by atoms with Gasteiger partial charge < -0.3 is 25.1 Å². The van der Waals surface area contributed by atoms with Gasteiger partial charge in [-0.3, -0.25) is 9.59 Å². The summed E-state index contributed by atoms with van der Waals surface area (Å²) < 4.78 is 27.0. The molecule has 3 aromatic carbocycles. The van der Waals surface area contributed by atoms with Gasteiger partial charge in [0.2, 0.25) is 0 Å². The van der Waals surface area contributed by atoms with Gasteiger partial charge in [-0.2, -0.15) is 0 Å². The number of hydrogen-bond donors (Lipinski definition) is 2. The summed E-state index contributed by atoms with van der Waals surface area (Å²) in [4.78, 5) is 34.2. The number of halogens is 2.